The fourth-order valence-electron chi connectivity index (χ4n) is 2.41. The van der Waals surface area contributed by atoms with Crippen LogP contribution in [0.3, 0.4) is 0 Å². The predicted molar refractivity (Wildman–Crippen MR) is 97.1 cm³/mol. The first-order valence-electron chi connectivity index (χ1n) is 8.10. The number of non-ortho nitro benzene ring substituents is 1. The van der Waals surface area contributed by atoms with Gasteiger partial charge in [-0.05, 0) is 43.0 Å². The second-order valence-corrected chi connectivity index (χ2v) is 6.25. The molecule has 1 unspecified atom stereocenters. The van der Waals surface area contributed by atoms with Crippen LogP contribution in [0.15, 0.2) is 42.5 Å². The third-order valence-electron chi connectivity index (χ3n) is 3.79. The number of aryl methyl sites for hydroxylation is 1. The summed E-state index contributed by atoms with van der Waals surface area (Å²) in [4.78, 5) is 22.7. The summed E-state index contributed by atoms with van der Waals surface area (Å²) in [6, 6.07) is 11.7. The average Bonchev–Trinajstić information content (AvgIpc) is 2.54. The van der Waals surface area contributed by atoms with Crippen molar-refractivity contribution < 1.29 is 14.5 Å². The van der Waals surface area contributed by atoms with Crippen molar-refractivity contribution in [3.8, 4) is 5.75 Å². The molecule has 0 aliphatic heterocycles. The highest BCUT2D eigenvalue weighted by atomic mass is 16.6. The van der Waals surface area contributed by atoms with Crippen molar-refractivity contribution in [3.63, 3.8) is 0 Å². The van der Waals surface area contributed by atoms with Gasteiger partial charge in [0.1, 0.15) is 5.75 Å². The number of nitro benzene ring substituents is 1. The molecule has 0 aliphatic rings. The molecule has 0 heterocycles. The van der Waals surface area contributed by atoms with E-state index < -0.39 is 11.0 Å². The normalized spacial score (nSPS) is 11.9. The van der Waals surface area contributed by atoms with E-state index in [-0.39, 0.29) is 17.5 Å². The molecule has 0 saturated heterocycles. The second-order valence-electron chi connectivity index (χ2n) is 6.25. The summed E-state index contributed by atoms with van der Waals surface area (Å²) < 4.78 is 5.85. The highest BCUT2D eigenvalue weighted by Crippen LogP contribution is 2.28. The van der Waals surface area contributed by atoms with Crippen LogP contribution < -0.4 is 10.1 Å². The van der Waals surface area contributed by atoms with Crippen LogP contribution in [-0.2, 0) is 4.79 Å². The van der Waals surface area contributed by atoms with E-state index in [1.54, 1.807) is 13.0 Å². The van der Waals surface area contributed by atoms with Crippen molar-refractivity contribution in [2.45, 2.75) is 39.7 Å². The van der Waals surface area contributed by atoms with Crippen molar-refractivity contribution in [3.05, 3.63) is 63.7 Å². The molecule has 0 aliphatic carbocycles. The van der Waals surface area contributed by atoms with Gasteiger partial charge in [-0.3, -0.25) is 14.9 Å². The minimum absolute atomic E-state index is 0.0767. The number of benzene rings is 2. The Labute approximate surface area is 147 Å². The second kappa shape index (κ2) is 7.79. The monoisotopic (exact) mass is 342 g/mol. The summed E-state index contributed by atoms with van der Waals surface area (Å²) in [5.74, 6) is 0.580. The Hall–Kier alpha value is -2.89. The Bertz CT molecular complexity index is 787. The molecule has 1 amide bonds. The molecule has 0 saturated carbocycles. The molecule has 2 aromatic rings. The molecule has 25 heavy (non-hydrogen) atoms. The lowest BCUT2D eigenvalue weighted by atomic mass is 10.0. The summed E-state index contributed by atoms with van der Waals surface area (Å²) in [6.07, 6.45) is -0.737. The number of nitro groups is 1. The van der Waals surface area contributed by atoms with E-state index in [4.69, 9.17) is 4.74 Å². The van der Waals surface area contributed by atoms with E-state index in [0.717, 1.165) is 11.1 Å². The van der Waals surface area contributed by atoms with Gasteiger partial charge in [0, 0.05) is 17.8 Å². The first-order valence-corrected chi connectivity index (χ1v) is 8.10. The van der Waals surface area contributed by atoms with Gasteiger partial charge in [0.25, 0.3) is 11.6 Å². The van der Waals surface area contributed by atoms with Crippen LogP contribution >= 0.6 is 0 Å². The number of amides is 1. The number of hydrogen-bond donors (Lipinski definition) is 1. The summed E-state index contributed by atoms with van der Waals surface area (Å²) in [7, 11) is 0. The number of nitrogens with one attached hydrogen (secondary N) is 1. The Morgan fingerprint density at radius 1 is 1.16 bits per heavy atom. The molecule has 0 aromatic heterocycles. The van der Waals surface area contributed by atoms with Gasteiger partial charge in [0.05, 0.1) is 4.92 Å². The zero-order valence-corrected chi connectivity index (χ0v) is 14.8. The maximum Gasteiger partial charge on any atom is 0.271 e. The van der Waals surface area contributed by atoms with Crippen LogP contribution in [0.4, 0.5) is 11.4 Å². The zero-order chi connectivity index (χ0) is 18.6. The van der Waals surface area contributed by atoms with E-state index in [9.17, 15) is 14.9 Å². The fraction of sp³-hybridized carbons (Fsp3) is 0.316. The minimum Gasteiger partial charge on any atom is -0.481 e. The molecule has 0 spiro atoms. The van der Waals surface area contributed by atoms with Crippen molar-refractivity contribution in [2.24, 2.45) is 0 Å². The van der Waals surface area contributed by atoms with Gasteiger partial charge in [-0.25, -0.2) is 0 Å². The smallest absolute Gasteiger partial charge is 0.271 e. The first-order chi connectivity index (χ1) is 11.8. The highest BCUT2D eigenvalue weighted by Gasteiger charge is 2.18. The van der Waals surface area contributed by atoms with Crippen LogP contribution in [0, 0.1) is 17.0 Å². The number of ether oxygens (including phenoxy) is 1. The van der Waals surface area contributed by atoms with Crippen molar-refractivity contribution >= 4 is 17.3 Å². The molecule has 1 atom stereocenters. The largest absolute Gasteiger partial charge is 0.481 e. The average molecular weight is 342 g/mol. The quantitative estimate of drug-likeness (QED) is 0.622. The number of hydrogen-bond acceptors (Lipinski definition) is 4. The number of rotatable bonds is 6. The van der Waals surface area contributed by atoms with Gasteiger partial charge in [0.15, 0.2) is 6.10 Å². The highest BCUT2D eigenvalue weighted by molar-refractivity contribution is 5.94. The van der Waals surface area contributed by atoms with Crippen molar-refractivity contribution in [2.75, 3.05) is 5.32 Å². The van der Waals surface area contributed by atoms with Crippen LogP contribution in [0.25, 0.3) is 0 Å². The molecule has 0 fully saturated rings. The first kappa shape index (κ1) is 18.4. The maximum absolute atomic E-state index is 12.4. The lowest BCUT2D eigenvalue weighted by Crippen LogP contribution is -2.30. The van der Waals surface area contributed by atoms with E-state index in [0.29, 0.717) is 11.4 Å². The molecule has 0 radical (unpaired) electrons. The molecule has 6 heteroatoms. The zero-order valence-electron chi connectivity index (χ0n) is 14.8. The standard InChI is InChI=1S/C19H22N2O4/c1-12(2)17-9-8-13(3)10-18(17)25-14(4)19(22)20-15-6-5-7-16(11-15)21(23)24/h5-12,14H,1-4H3,(H,20,22). The molecule has 0 bridgehead atoms. The molecule has 2 rings (SSSR count). The van der Waals surface area contributed by atoms with Gasteiger partial charge in [0.2, 0.25) is 0 Å². The third kappa shape index (κ3) is 4.79. The van der Waals surface area contributed by atoms with Crippen LogP contribution in [0.1, 0.15) is 37.8 Å². The van der Waals surface area contributed by atoms with Crippen molar-refractivity contribution in [1.29, 1.82) is 0 Å². The fourth-order valence-corrected chi connectivity index (χ4v) is 2.41. The summed E-state index contributed by atoms with van der Waals surface area (Å²) >= 11 is 0. The molecule has 2 aromatic carbocycles. The van der Waals surface area contributed by atoms with Gasteiger partial charge < -0.3 is 10.1 Å². The van der Waals surface area contributed by atoms with Crippen molar-refractivity contribution in [1.82, 2.24) is 0 Å². The molecule has 6 nitrogen and oxygen atoms in total. The minimum atomic E-state index is -0.737. The Morgan fingerprint density at radius 2 is 1.88 bits per heavy atom. The number of anilines is 1. The van der Waals surface area contributed by atoms with Gasteiger partial charge in [-0.15, -0.1) is 0 Å². The summed E-state index contributed by atoms with van der Waals surface area (Å²) in [6.45, 7) is 7.74. The van der Waals surface area contributed by atoms with Gasteiger partial charge in [-0.1, -0.05) is 32.0 Å². The Morgan fingerprint density at radius 3 is 2.52 bits per heavy atom. The SMILES string of the molecule is Cc1ccc(C(C)C)c(OC(C)C(=O)Nc2cccc([N+](=O)[O-])c2)c1. The molecular weight excluding hydrogens is 320 g/mol. The molecule has 132 valence electrons. The van der Waals surface area contributed by atoms with Crippen LogP contribution in [0.2, 0.25) is 0 Å². The molecule has 1 N–H and O–H groups in total. The van der Waals surface area contributed by atoms with E-state index in [1.165, 1.54) is 18.2 Å². The molecular formula is C19H22N2O4. The third-order valence-corrected chi connectivity index (χ3v) is 3.79. The predicted octanol–water partition coefficient (Wildman–Crippen LogP) is 4.43. The van der Waals surface area contributed by atoms with E-state index in [2.05, 4.69) is 19.2 Å². The lowest BCUT2D eigenvalue weighted by molar-refractivity contribution is -0.384. The topological polar surface area (TPSA) is 81.5 Å². The number of carbonyl (C=O) groups excluding carboxylic acids is 1. The van der Waals surface area contributed by atoms with Gasteiger partial charge in [-0.2, -0.15) is 0 Å². The van der Waals surface area contributed by atoms with E-state index >= 15 is 0 Å². The Balaban J connectivity index is 2.12. The summed E-state index contributed by atoms with van der Waals surface area (Å²) in [5.41, 5.74) is 2.36. The Kier molecular flexibility index (Phi) is 5.75. The van der Waals surface area contributed by atoms with E-state index in [1.807, 2.05) is 25.1 Å². The maximum atomic E-state index is 12.4. The number of nitrogens with zero attached hydrogens (tertiary/aromatic N) is 1. The van der Waals surface area contributed by atoms with Gasteiger partial charge >= 0.3 is 0 Å². The number of carbonyl (C=O) groups is 1. The lowest BCUT2D eigenvalue weighted by Gasteiger charge is -2.19. The van der Waals surface area contributed by atoms with Crippen LogP contribution in [0.5, 0.6) is 5.75 Å². The summed E-state index contributed by atoms with van der Waals surface area (Å²) in [5, 5.41) is 13.5. The van der Waals surface area contributed by atoms with Crippen LogP contribution in [-0.4, -0.2) is 16.9 Å².